The summed E-state index contributed by atoms with van der Waals surface area (Å²) in [5, 5.41) is 14.3. The predicted molar refractivity (Wildman–Crippen MR) is 132 cm³/mol. The minimum atomic E-state index is 0.427. The molecule has 8 fully saturated rings. The van der Waals surface area contributed by atoms with Crippen molar-refractivity contribution in [3.05, 3.63) is 29.3 Å². The Kier molecular flexibility index (Phi) is 5.48. The Balaban J connectivity index is 1.17. The van der Waals surface area contributed by atoms with Crippen molar-refractivity contribution in [1.82, 2.24) is 0 Å². The lowest BCUT2D eigenvalue weighted by molar-refractivity contribution is -0.777. The van der Waals surface area contributed by atoms with Gasteiger partial charge in [-0.15, -0.1) is 0 Å². The van der Waals surface area contributed by atoms with Gasteiger partial charge in [0.05, 0.1) is 12.0 Å². The SMILES string of the molecule is CC1(Cc2cc(CC3(C)C4CC5CC(C4)CC3C5)cc(SOO[O-])c2)C2CC3CC(C2)CC1C3. The van der Waals surface area contributed by atoms with E-state index in [9.17, 15) is 5.26 Å². The fraction of sp³-hybridized carbons (Fsp3) is 0.800. The van der Waals surface area contributed by atoms with Gasteiger partial charge in [0, 0.05) is 4.90 Å². The zero-order chi connectivity index (χ0) is 23.1. The fourth-order valence-electron chi connectivity index (χ4n) is 11.0. The van der Waals surface area contributed by atoms with Gasteiger partial charge >= 0.3 is 0 Å². The lowest BCUT2D eigenvalue weighted by Gasteiger charge is -2.61. The topological polar surface area (TPSA) is 41.5 Å². The zero-order valence-electron chi connectivity index (χ0n) is 21.0. The van der Waals surface area contributed by atoms with Crippen LogP contribution in [0.2, 0.25) is 0 Å². The molecular weight excluding hydrogens is 440 g/mol. The van der Waals surface area contributed by atoms with Crippen LogP contribution in [0.5, 0.6) is 0 Å². The molecular formula is C30H41O3S-. The summed E-state index contributed by atoms with van der Waals surface area (Å²) in [6, 6.07) is 7.10. The standard InChI is InChI=1S/C30H42O3S/c1-29(24-6-18-3-19(8-24)9-25(29)7-18)16-22-5-23(15-28(14-22)34-33-32-31)17-30(2)26-10-20-4-21(12-26)13-27(30)11-20/h5,14-15,18-21,24-27,31H,3-4,6-13,16-17H2,1-2H3/p-1. The van der Waals surface area contributed by atoms with Crippen LogP contribution < -0.4 is 5.26 Å². The average Bonchev–Trinajstić information content (AvgIpc) is 2.79. The molecule has 0 spiro atoms. The average molecular weight is 482 g/mol. The molecule has 0 aromatic heterocycles. The molecule has 0 radical (unpaired) electrons. The van der Waals surface area contributed by atoms with Crippen LogP contribution in [0, 0.1) is 58.2 Å². The van der Waals surface area contributed by atoms with Crippen LogP contribution in [0.4, 0.5) is 0 Å². The Hall–Kier alpha value is -0.550. The van der Waals surface area contributed by atoms with Crippen molar-refractivity contribution in [2.75, 3.05) is 0 Å². The quantitative estimate of drug-likeness (QED) is 0.241. The monoisotopic (exact) mass is 481 g/mol. The second-order valence-corrected chi connectivity index (χ2v) is 15.0. The maximum Gasteiger partial charge on any atom is 0.0674 e. The highest BCUT2D eigenvalue weighted by molar-refractivity contribution is 7.94. The van der Waals surface area contributed by atoms with Crippen LogP contribution in [0.25, 0.3) is 0 Å². The van der Waals surface area contributed by atoms with Gasteiger partial charge in [-0.05, 0) is 158 Å². The molecule has 3 nitrogen and oxygen atoms in total. The van der Waals surface area contributed by atoms with Crippen LogP contribution in [0.1, 0.15) is 89.2 Å². The minimum absolute atomic E-state index is 0.427. The molecule has 0 unspecified atom stereocenters. The van der Waals surface area contributed by atoms with Crippen LogP contribution in [0.15, 0.2) is 23.1 Å². The van der Waals surface area contributed by atoms with E-state index in [4.69, 9.17) is 4.33 Å². The molecule has 0 amide bonds. The third-order valence-electron chi connectivity index (χ3n) is 12.4. The first-order valence-electron chi connectivity index (χ1n) is 14.2. The molecule has 0 saturated heterocycles. The van der Waals surface area contributed by atoms with Gasteiger partial charge in [0.25, 0.3) is 0 Å². The molecule has 34 heavy (non-hydrogen) atoms. The van der Waals surface area contributed by atoms with E-state index >= 15 is 0 Å². The number of hydrogen-bond donors (Lipinski definition) is 0. The molecule has 186 valence electrons. The van der Waals surface area contributed by atoms with Crippen molar-refractivity contribution in [2.24, 2.45) is 58.2 Å². The van der Waals surface area contributed by atoms with Gasteiger partial charge < -0.3 is 5.26 Å². The largest absolute Gasteiger partial charge is 0.691 e. The van der Waals surface area contributed by atoms with Crippen LogP contribution >= 0.6 is 12.0 Å². The summed E-state index contributed by atoms with van der Waals surface area (Å²) in [6.07, 6.45) is 17.0. The molecule has 0 N–H and O–H groups in total. The molecule has 9 rings (SSSR count). The van der Waals surface area contributed by atoms with Crippen molar-refractivity contribution >= 4 is 12.0 Å². The summed E-state index contributed by atoms with van der Waals surface area (Å²) < 4.78 is 4.81. The molecule has 1 aromatic rings. The Bertz CT molecular complexity index is 817. The molecule has 0 atom stereocenters. The van der Waals surface area contributed by atoms with Gasteiger partial charge in [-0.1, -0.05) is 19.9 Å². The van der Waals surface area contributed by atoms with Crippen LogP contribution in [-0.4, -0.2) is 0 Å². The first kappa shape index (κ1) is 22.6. The van der Waals surface area contributed by atoms with E-state index in [1.807, 2.05) is 0 Å². The van der Waals surface area contributed by atoms with Crippen LogP contribution in [0.3, 0.4) is 0 Å². The summed E-state index contributed by atoms with van der Waals surface area (Å²) in [7, 11) is 0. The van der Waals surface area contributed by atoms with E-state index in [-0.39, 0.29) is 0 Å². The Morgan fingerprint density at radius 3 is 1.41 bits per heavy atom. The summed E-state index contributed by atoms with van der Waals surface area (Å²) in [5.41, 5.74) is 3.76. The molecule has 8 aliphatic carbocycles. The van der Waals surface area contributed by atoms with E-state index in [0.717, 1.165) is 64.3 Å². The van der Waals surface area contributed by atoms with E-state index in [1.165, 1.54) is 88.2 Å². The first-order chi connectivity index (χ1) is 16.4. The number of rotatable bonds is 7. The van der Waals surface area contributed by atoms with Gasteiger partial charge in [0.1, 0.15) is 0 Å². The predicted octanol–water partition coefficient (Wildman–Crippen LogP) is 6.93. The fourth-order valence-corrected chi connectivity index (χ4v) is 11.5. The maximum absolute atomic E-state index is 10.6. The van der Waals surface area contributed by atoms with Gasteiger partial charge in [-0.3, -0.25) is 5.04 Å². The number of hydrogen-bond acceptors (Lipinski definition) is 4. The van der Waals surface area contributed by atoms with E-state index in [2.05, 4.69) is 37.1 Å². The highest BCUT2D eigenvalue weighted by Crippen LogP contribution is 2.64. The molecule has 0 heterocycles. The second kappa shape index (κ2) is 8.23. The Morgan fingerprint density at radius 1 is 0.676 bits per heavy atom. The molecule has 1 aromatic carbocycles. The van der Waals surface area contributed by atoms with E-state index < -0.39 is 0 Å². The van der Waals surface area contributed by atoms with Crippen molar-refractivity contribution in [3.8, 4) is 0 Å². The van der Waals surface area contributed by atoms with Crippen molar-refractivity contribution in [3.63, 3.8) is 0 Å². The van der Waals surface area contributed by atoms with Crippen molar-refractivity contribution in [2.45, 2.75) is 95.8 Å². The summed E-state index contributed by atoms with van der Waals surface area (Å²) in [4.78, 5) is 1.03. The third kappa shape index (κ3) is 3.64. The van der Waals surface area contributed by atoms with Gasteiger partial charge in [-0.25, -0.2) is 0 Å². The zero-order valence-corrected chi connectivity index (χ0v) is 21.8. The lowest BCUT2D eigenvalue weighted by Crippen LogP contribution is -2.52. The minimum Gasteiger partial charge on any atom is -0.691 e. The first-order valence-corrected chi connectivity index (χ1v) is 14.9. The molecule has 8 bridgehead atoms. The van der Waals surface area contributed by atoms with Gasteiger partial charge in [-0.2, -0.15) is 4.33 Å². The normalized spacial score (nSPS) is 48.1. The summed E-state index contributed by atoms with van der Waals surface area (Å²) in [6.45, 7) is 5.21. The Labute approximate surface area is 209 Å². The van der Waals surface area contributed by atoms with Gasteiger partial charge in [0.2, 0.25) is 0 Å². The summed E-state index contributed by atoms with van der Waals surface area (Å²) >= 11 is 1.09. The molecule has 0 aliphatic heterocycles. The van der Waals surface area contributed by atoms with E-state index in [1.54, 1.807) is 0 Å². The van der Waals surface area contributed by atoms with E-state index in [0.29, 0.717) is 10.8 Å². The van der Waals surface area contributed by atoms with Crippen molar-refractivity contribution < 1.29 is 14.6 Å². The molecule has 8 aliphatic rings. The summed E-state index contributed by atoms with van der Waals surface area (Å²) in [5.74, 6) is 7.61. The lowest BCUT2D eigenvalue weighted by atomic mass is 9.44. The highest BCUT2D eigenvalue weighted by atomic mass is 32.2. The number of benzene rings is 1. The maximum atomic E-state index is 10.6. The van der Waals surface area contributed by atoms with Gasteiger partial charge in [0.15, 0.2) is 0 Å². The van der Waals surface area contributed by atoms with Crippen molar-refractivity contribution in [1.29, 1.82) is 0 Å². The highest BCUT2D eigenvalue weighted by Gasteiger charge is 2.55. The Morgan fingerprint density at radius 2 is 1.06 bits per heavy atom. The third-order valence-corrected chi connectivity index (χ3v) is 12.9. The smallest absolute Gasteiger partial charge is 0.0674 e. The molecule has 4 heteroatoms. The second-order valence-electron chi connectivity index (χ2n) is 14.2. The molecule has 8 saturated carbocycles. The van der Waals surface area contributed by atoms with Crippen LogP contribution in [-0.2, 0) is 22.2 Å².